The fraction of sp³-hybridized carbons (Fsp3) is 0.941. The standard InChI is InChI=1S/C17H32N2O2/c1-2-19(14-17(20)21)16-9-12-18(13-10-16)11-5-8-15-6-3-4-7-15/h15-16H,2-14H2,1H3,(H,20,21). The first-order valence-electron chi connectivity index (χ1n) is 8.87. The molecule has 0 unspecified atom stereocenters. The summed E-state index contributed by atoms with van der Waals surface area (Å²) in [4.78, 5) is 15.6. The van der Waals surface area contributed by atoms with Crippen LogP contribution in [-0.4, -0.2) is 59.6 Å². The van der Waals surface area contributed by atoms with Gasteiger partial charge in [0.1, 0.15) is 0 Å². The van der Waals surface area contributed by atoms with Crippen molar-refractivity contribution in [2.24, 2.45) is 5.92 Å². The molecule has 1 saturated heterocycles. The van der Waals surface area contributed by atoms with Gasteiger partial charge in [0.05, 0.1) is 6.54 Å². The molecular weight excluding hydrogens is 264 g/mol. The SMILES string of the molecule is CCN(CC(=O)O)C1CCN(CCCC2CCCC2)CC1. The summed E-state index contributed by atoms with van der Waals surface area (Å²) in [6, 6.07) is 0.470. The Morgan fingerprint density at radius 3 is 2.43 bits per heavy atom. The van der Waals surface area contributed by atoms with Gasteiger partial charge in [0.15, 0.2) is 0 Å². The molecule has 21 heavy (non-hydrogen) atoms. The van der Waals surface area contributed by atoms with Crippen molar-refractivity contribution in [1.29, 1.82) is 0 Å². The number of carbonyl (C=O) groups is 1. The number of carboxylic acids is 1. The lowest BCUT2D eigenvalue weighted by Gasteiger charge is -2.37. The van der Waals surface area contributed by atoms with Crippen LogP contribution in [0.4, 0.5) is 0 Å². The summed E-state index contributed by atoms with van der Waals surface area (Å²) in [5.41, 5.74) is 0. The van der Waals surface area contributed by atoms with E-state index >= 15 is 0 Å². The van der Waals surface area contributed by atoms with Gasteiger partial charge in [0, 0.05) is 6.04 Å². The summed E-state index contributed by atoms with van der Waals surface area (Å²) >= 11 is 0. The first-order chi connectivity index (χ1) is 10.2. The maximum absolute atomic E-state index is 10.9. The zero-order valence-electron chi connectivity index (χ0n) is 13.6. The molecule has 0 aromatic rings. The Hall–Kier alpha value is -0.610. The Bertz CT molecular complexity index is 308. The molecule has 2 aliphatic rings. The van der Waals surface area contributed by atoms with Crippen molar-refractivity contribution in [2.45, 2.75) is 64.3 Å². The minimum absolute atomic E-state index is 0.197. The molecule has 4 heteroatoms. The predicted octanol–water partition coefficient (Wildman–Crippen LogP) is 2.83. The molecule has 122 valence electrons. The predicted molar refractivity (Wildman–Crippen MR) is 85.5 cm³/mol. The molecule has 1 aliphatic carbocycles. The molecule has 0 spiro atoms. The van der Waals surface area contributed by atoms with Gasteiger partial charge < -0.3 is 10.0 Å². The molecule has 1 saturated carbocycles. The van der Waals surface area contributed by atoms with Crippen molar-refractivity contribution in [3.63, 3.8) is 0 Å². The maximum Gasteiger partial charge on any atom is 0.317 e. The number of piperidine rings is 1. The highest BCUT2D eigenvalue weighted by atomic mass is 16.4. The van der Waals surface area contributed by atoms with Crippen LogP contribution in [0.2, 0.25) is 0 Å². The molecule has 4 nitrogen and oxygen atoms in total. The van der Waals surface area contributed by atoms with Crippen molar-refractivity contribution in [2.75, 3.05) is 32.7 Å². The van der Waals surface area contributed by atoms with Crippen molar-refractivity contribution in [3.05, 3.63) is 0 Å². The molecule has 0 radical (unpaired) electrons. The summed E-state index contributed by atoms with van der Waals surface area (Å²) in [7, 11) is 0. The largest absolute Gasteiger partial charge is 0.480 e. The van der Waals surface area contributed by atoms with Gasteiger partial charge in [-0.2, -0.15) is 0 Å². The van der Waals surface area contributed by atoms with Gasteiger partial charge in [-0.05, 0) is 57.8 Å². The van der Waals surface area contributed by atoms with Gasteiger partial charge in [0.2, 0.25) is 0 Å². The topological polar surface area (TPSA) is 43.8 Å². The van der Waals surface area contributed by atoms with Crippen molar-refractivity contribution < 1.29 is 9.90 Å². The molecule has 0 bridgehead atoms. The summed E-state index contributed by atoms with van der Waals surface area (Å²) in [6.07, 6.45) is 10.8. The van der Waals surface area contributed by atoms with Crippen LogP contribution < -0.4 is 0 Å². The Labute approximate surface area is 129 Å². The maximum atomic E-state index is 10.9. The smallest absolute Gasteiger partial charge is 0.317 e. The summed E-state index contributed by atoms with van der Waals surface area (Å²) < 4.78 is 0. The highest BCUT2D eigenvalue weighted by Crippen LogP contribution is 2.28. The van der Waals surface area contributed by atoms with Gasteiger partial charge in [0.25, 0.3) is 0 Å². The fourth-order valence-electron chi connectivity index (χ4n) is 4.08. The first kappa shape index (κ1) is 16.8. The van der Waals surface area contributed by atoms with Crippen LogP contribution in [0.5, 0.6) is 0 Å². The molecule has 0 amide bonds. The molecule has 2 rings (SSSR count). The Morgan fingerprint density at radius 2 is 1.86 bits per heavy atom. The molecule has 1 N–H and O–H groups in total. The number of rotatable bonds is 8. The van der Waals surface area contributed by atoms with Crippen LogP contribution >= 0.6 is 0 Å². The monoisotopic (exact) mass is 296 g/mol. The third-order valence-electron chi connectivity index (χ3n) is 5.38. The first-order valence-corrected chi connectivity index (χ1v) is 8.87. The normalized spacial score (nSPS) is 22.2. The van der Waals surface area contributed by atoms with E-state index < -0.39 is 5.97 Å². The van der Waals surface area contributed by atoms with Gasteiger partial charge in [-0.1, -0.05) is 32.6 Å². The van der Waals surface area contributed by atoms with Gasteiger partial charge in [-0.3, -0.25) is 9.69 Å². The fourth-order valence-corrected chi connectivity index (χ4v) is 4.08. The molecule has 1 aliphatic heterocycles. The summed E-state index contributed by atoms with van der Waals surface area (Å²) in [5, 5.41) is 8.97. The number of hydrogen-bond donors (Lipinski definition) is 1. The Balaban J connectivity index is 1.61. The van der Waals surface area contributed by atoms with E-state index in [9.17, 15) is 4.79 Å². The summed E-state index contributed by atoms with van der Waals surface area (Å²) in [5.74, 6) is 0.310. The quantitative estimate of drug-likeness (QED) is 0.748. The molecule has 1 heterocycles. The molecule has 0 aromatic carbocycles. The van der Waals surface area contributed by atoms with E-state index in [0.717, 1.165) is 38.4 Å². The molecule has 2 fully saturated rings. The molecule has 0 aromatic heterocycles. The van der Waals surface area contributed by atoms with Crippen LogP contribution in [0.15, 0.2) is 0 Å². The van der Waals surface area contributed by atoms with Crippen molar-refractivity contribution >= 4 is 5.97 Å². The van der Waals surface area contributed by atoms with E-state index in [0.29, 0.717) is 6.04 Å². The summed E-state index contributed by atoms with van der Waals surface area (Å²) in [6.45, 7) is 6.64. The average molecular weight is 296 g/mol. The Kier molecular flexibility index (Phi) is 6.97. The minimum atomic E-state index is -0.698. The van der Waals surface area contributed by atoms with Gasteiger partial charge in [-0.15, -0.1) is 0 Å². The van der Waals surface area contributed by atoms with Gasteiger partial charge >= 0.3 is 5.97 Å². The lowest BCUT2D eigenvalue weighted by atomic mass is 10.00. The van der Waals surface area contributed by atoms with E-state index in [1.807, 2.05) is 0 Å². The Morgan fingerprint density at radius 1 is 1.19 bits per heavy atom. The zero-order valence-corrected chi connectivity index (χ0v) is 13.6. The van der Waals surface area contributed by atoms with Crippen LogP contribution in [0.1, 0.15) is 58.3 Å². The number of aliphatic carboxylic acids is 1. The third-order valence-corrected chi connectivity index (χ3v) is 5.38. The van der Waals surface area contributed by atoms with Crippen LogP contribution in [-0.2, 0) is 4.79 Å². The van der Waals surface area contributed by atoms with Crippen LogP contribution in [0, 0.1) is 5.92 Å². The van der Waals surface area contributed by atoms with E-state index in [-0.39, 0.29) is 6.54 Å². The van der Waals surface area contributed by atoms with E-state index in [1.165, 1.54) is 45.1 Å². The molecule has 0 atom stereocenters. The number of hydrogen-bond acceptors (Lipinski definition) is 3. The van der Waals surface area contributed by atoms with Gasteiger partial charge in [-0.25, -0.2) is 0 Å². The number of carboxylic acid groups (broad SMARTS) is 1. The zero-order chi connectivity index (χ0) is 15.1. The third kappa shape index (κ3) is 5.59. The minimum Gasteiger partial charge on any atom is -0.480 e. The van der Waals surface area contributed by atoms with E-state index in [2.05, 4.69) is 16.7 Å². The second-order valence-corrected chi connectivity index (χ2v) is 6.82. The highest BCUT2D eigenvalue weighted by Gasteiger charge is 2.25. The van der Waals surface area contributed by atoms with E-state index in [1.54, 1.807) is 0 Å². The molecular formula is C17H32N2O2. The second-order valence-electron chi connectivity index (χ2n) is 6.82. The van der Waals surface area contributed by atoms with Crippen molar-refractivity contribution in [3.8, 4) is 0 Å². The van der Waals surface area contributed by atoms with Crippen LogP contribution in [0.3, 0.4) is 0 Å². The second kappa shape index (κ2) is 8.74. The highest BCUT2D eigenvalue weighted by molar-refractivity contribution is 5.69. The lowest BCUT2D eigenvalue weighted by molar-refractivity contribution is -0.139. The van der Waals surface area contributed by atoms with Crippen LogP contribution in [0.25, 0.3) is 0 Å². The lowest BCUT2D eigenvalue weighted by Crippen LogP contribution is -2.46. The number of likely N-dealkylation sites (tertiary alicyclic amines) is 1. The number of likely N-dealkylation sites (N-methyl/N-ethyl adjacent to an activating group) is 1. The average Bonchev–Trinajstić information content (AvgIpc) is 2.99. The number of nitrogens with zero attached hydrogens (tertiary/aromatic N) is 2. The van der Waals surface area contributed by atoms with E-state index in [4.69, 9.17) is 5.11 Å². The van der Waals surface area contributed by atoms with Crippen molar-refractivity contribution in [1.82, 2.24) is 9.80 Å².